The lowest BCUT2D eigenvalue weighted by atomic mass is 10.2. The summed E-state index contributed by atoms with van der Waals surface area (Å²) in [6, 6.07) is 5.75. The smallest absolute Gasteiger partial charge is 0.137 e. The minimum Gasteiger partial charge on any atom is -0.137 e. The molecule has 6 heteroatoms. The molecule has 0 aliphatic carbocycles. The van der Waals surface area contributed by atoms with Crippen LogP contribution in [0, 0.1) is 3.57 Å². The molecule has 0 fully saturated rings. The first-order valence-electron chi connectivity index (χ1n) is 3.61. The van der Waals surface area contributed by atoms with Crippen molar-refractivity contribution < 1.29 is 0 Å². The lowest BCUT2D eigenvalue weighted by molar-refractivity contribution is 1.10. The molecule has 0 amide bonds. The molecule has 0 atom stereocenters. The van der Waals surface area contributed by atoms with Crippen molar-refractivity contribution in [3.8, 4) is 10.6 Å². The summed E-state index contributed by atoms with van der Waals surface area (Å²) in [6.07, 6.45) is 0. The van der Waals surface area contributed by atoms with Gasteiger partial charge in [0.05, 0.1) is 5.02 Å². The number of hydrogen-bond acceptors (Lipinski definition) is 3. The molecule has 2 aromatic rings. The minimum absolute atomic E-state index is 0.440. The Morgan fingerprint density at radius 3 is 2.57 bits per heavy atom. The topological polar surface area (TPSA) is 25.8 Å². The maximum Gasteiger partial charge on any atom is 0.207 e. The molecule has 14 heavy (non-hydrogen) atoms. The molecule has 0 N–H and O–H groups in total. The molecule has 0 unspecified atom stereocenters. The summed E-state index contributed by atoms with van der Waals surface area (Å²) < 4.78 is 1.46. The number of halogens is 3. The fourth-order valence-corrected chi connectivity index (χ4v) is 2.29. The Morgan fingerprint density at radius 1 is 1.21 bits per heavy atom. The molecule has 0 saturated carbocycles. The average molecular weight is 357 g/mol. The van der Waals surface area contributed by atoms with Crippen molar-refractivity contribution in [2.75, 3.05) is 0 Å². The molecule has 0 spiro atoms. The molecule has 0 saturated heterocycles. The van der Waals surface area contributed by atoms with Crippen molar-refractivity contribution in [2.45, 2.75) is 0 Å². The van der Waals surface area contributed by atoms with Crippen molar-refractivity contribution in [1.82, 2.24) is 10.2 Å². The van der Waals surface area contributed by atoms with Crippen LogP contribution in [-0.2, 0) is 0 Å². The predicted molar refractivity (Wildman–Crippen MR) is 68.1 cm³/mol. The summed E-state index contributed by atoms with van der Waals surface area (Å²) >= 11 is 15.2. The molecule has 0 bridgehead atoms. The van der Waals surface area contributed by atoms with E-state index in [9.17, 15) is 0 Å². The Morgan fingerprint density at radius 2 is 2.00 bits per heavy atom. The van der Waals surface area contributed by atoms with E-state index in [0.717, 1.165) is 19.2 Å². The zero-order valence-electron chi connectivity index (χ0n) is 6.67. The van der Waals surface area contributed by atoms with Gasteiger partial charge in [-0.15, -0.1) is 10.2 Å². The Labute approximate surface area is 108 Å². The van der Waals surface area contributed by atoms with E-state index in [1.54, 1.807) is 0 Å². The first kappa shape index (κ1) is 10.6. The van der Waals surface area contributed by atoms with Crippen LogP contribution in [0.4, 0.5) is 0 Å². The molecular weight excluding hydrogens is 354 g/mol. The van der Waals surface area contributed by atoms with Gasteiger partial charge in [0.25, 0.3) is 0 Å². The van der Waals surface area contributed by atoms with Crippen LogP contribution in [0.2, 0.25) is 9.49 Å². The molecule has 72 valence electrons. The summed E-state index contributed by atoms with van der Waals surface area (Å²) in [7, 11) is 0. The van der Waals surface area contributed by atoms with Crippen LogP contribution >= 0.6 is 57.1 Å². The van der Waals surface area contributed by atoms with Crippen molar-refractivity contribution in [1.29, 1.82) is 0 Å². The Kier molecular flexibility index (Phi) is 3.26. The van der Waals surface area contributed by atoms with E-state index >= 15 is 0 Å². The van der Waals surface area contributed by atoms with Gasteiger partial charge < -0.3 is 0 Å². The molecule has 0 aliphatic rings. The second kappa shape index (κ2) is 4.30. The van der Waals surface area contributed by atoms with E-state index in [2.05, 4.69) is 32.8 Å². The van der Waals surface area contributed by atoms with Gasteiger partial charge in [0, 0.05) is 9.13 Å². The zero-order valence-corrected chi connectivity index (χ0v) is 11.2. The van der Waals surface area contributed by atoms with Crippen molar-refractivity contribution in [2.24, 2.45) is 0 Å². The predicted octanol–water partition coefficient (Wildman–Crippen LogP) is 4.12. The molecule has 1 aromatic carbocycles. The summed E-state index contributed by atoms with van der Waals surface area (Å²) in [6.45, 7) is 0. The third kappa shape index (κ3) is 2.18. The van der Waals surface area contributed by atoms with Gasteiger partial charge in [0.1, 0.15) is 5.01 Å². The maximum absolute atomic E-state index is 5.99. The number of aromatic nitrogens is 2. The quantitative estimate of drug-likeness (QED) is 0.718. The SMILES string of the molecule is Clc1nnc(-c2ccc(I)c(Cl)c2)s1. The fraction of sp³-hybridized carbons (Fsp3) is 0. The maximum atomic E-state index is 5.99. The van der Waals surface area contributed by atoms with Gasteiger partial charge in [-0.2, -0.15) is 0 Å². The van der Waals surface area contributed by atoms with E-state index < -0.39 is 0 Å². The summed E-state index contributed by atoms with van der Waals surface area (Å²) in [4.78, 5) is 0. The Hall–Kier alpha value is 0.0900. The second-order valence-electron chi connectivity index (χ2n) is 2.49. The number of benzene rings is 1. The number of nitrogens with zero attached hydrogens (tertiary/aromatic N) is 2. The van der Waals surface area contributed by atoms with Crippen LogP contribution in [-0.4, -0.2) is 10.2 Å². The van der Waals surface area contributed by atoms with Crippen molar-refractivity contribution in [3.63, 3.8) is 0 Å². The van der Waals surface area contributed by atoms with Crippen LogP contribution in [0.1, 0.15) is 0 Å². The zero-order chi connectivity index (χ0) is 10.1. The van der Waals surface area contributed by atoms with E-state index in [0.29, 0.717) is 4.47 Å². The van der Waals surface area contributed by atoms with Gasteiger partial charge >= 0.3 is 0 Å². The highest BCUT2D eigenvalue weighted by atomic mass is 127. The normalized spacial score (nSPS) is 10.5. The third-order valence-corrected chi connectivity index (χ3v) is 4.21. The van der Waals surface area contributed by atoms with E-state index in [1.807, 2.05) is 18.2 Å². The highest BCUT2D eigenvalue weighted by Gasteiger charge is 2.06. The number of rotatable bonds is 1. The van der Waals surface area contributed by atoms with Crippen LogP contribution in [0.3, 0.4) is 0 Å². The first-order chi connectivity index (χ1) is 6.66. The largest absolute Gasteiger partial charge is 0.207 e. The van der Waals surface area contributed by atoms with Crippen molar-refractivity contribution in [3.05, 3.63) is 31.3 Å². The van der Waals surface area contributed by atoms with Crippen LogP contribution in [0.5, 0.6) is 0 Å². The van der Waals surface area contributed by atoms with Gasteiger partial charge in [-0.1, -0.05) is 29.0 Å². The first-order valence-corrected chi connectivity index (χ1v) is 6.26. The summed E-state index contributed by atoms with van der Waals surface area (Å²) in [5.74, 6) is 0. The van der Waals surface area contributed by atoms with Gasteiger partial charge in [-0.3, -0.25) is 0 Å². The molecule has 1 heterocycles. The summed E-state index contributed by atoms with van der Waals surface area (Å²) in [5, 5.41) is 9.17. The van der Waals surface area contributed by atoms with Crippen molar-refractivity contribution >= 4 is 57.1 Å². The monoisotopic (exact) mass is 356 g/mol. The molecule has 0 aliphatic heterocycles. The van der Waals surface area contributed by atoms with Crippen LogP contribution in [0.25, 0.3) is 10.6 Å². The number of hydrogen-bond donors (Lipinski definition) is 0. The molecule has 0 radical (unpaired) electrons. The minimum atomic E-state index is 0.440. The Balaban J connectivity index is 2.47. The second-order valence-corrected chi connectivity index (χ2v) is 5.62. The van der Waals surface area contributed by atoms with E-state index in [1.165, 1.54) is 11.3 Å². The van der Waals surface area contributed by atoms with Gasteiger partial charge in [-0.25, -0.2) is 0 Å². The molecule has 2 nitrogen and oxygen atoms in total. The lowest BCUT2D eigenvalue weighted by Gasteiger charge is -1.98. The highest BCUT2D eigenvalue weighted by Crippen LogP contribution is 2.29. The van der Waals surface area contributed by atoms with Gasteiger partial charge in [0.2, 0.25) is 4.47 Å². The highest BCUT2D eigenvalue weighted by molar-refractivity contribution is 14.1. The van der Waals surface area contributed by atoms with E-state index in [-0.39, 0.29) is 0 Å². The van der Waals surface area contributed by atoms with Gasteiger partial charge in [-0.05, 0) is 46.3 Å². The molecule has 1 aromatic heterocycles. The van der Waals surface area contributed by atoms with Gasteiger partial charge in [0.15, 0.2) is 0 Å². The third-order valence-electron chi connectivity index (χ3n) is 1.57. The van der Waals surface area contributed by atoms with E-state index in [4.69, 9.17) is 23.2 Å². The molecular formula is C8H3Cl2IN2S. The summed E-state index contributed by atoms with van der Waals surface area (Å²) in [5.41, 5.74) is 0.944. The average Bonchev–Trinajstić information content (AvgIpc) is 2.57. The molecule has 2 rings (SSSR count). The van der Waals surface area contributed by atoms with Crippen LogP contribution in [0.15, 0.2) is 18.2 Å². The fourth-order valence-electron chi connectivity index (χ4n) is 0.951. The Bertz CT molecular complexity index is 472. The standard InChI is InChI=1S/C8H3Cl2IN2S/c9-5-3-4(1-2-6(5)11)7-12-13-8(10)14-7/h1-3H. The van der Waals surface area contributed by atoms with Crippen LogP contribution < -0.4 is 0 Å². The lowest BCUT2D eigenvalue weighted by Crippen LogP contribution is -1.79.